The second-order valence-electron chi connectivity index (χ2n) is 5.74. The van der Waals surface area contributed by atoms with Gasteiger partial charge in [-0.2, -0.15) is 0 Å². The van der Waals surface area contributed by atoms with Gasteiger partial charge in [-0.15, -0.1) is 0 Å². The van der Waals surface area contributed by atoms with E-state index in [1.54, 1.807) is 0 Å². The first-order valence-electron chi connectivity index (χ1n) is 6.20. The predicted octanol–water partition coefficient (Wildman–Crippen LogP) is -0.0303. The molecule has 0 aromatic carbocycles. The molecule has 4 heteroatoms. The zero-order valence-electron chi connectivity index (χ0n) is 10.9. The molecule has 1 aliphatic rings. The van der Waals surface area contributed by atoms with Crippen LogP contribution >= 0.6 is 0 Å². The fourth-order valence-corrected chi connectivity index (χ4v) is 2.23. The molecule has 96 valence electrons. The molecule has 3 N–H and O–H groups in total. The molecule has 0 spiro atoms. The quantitative estimate of drug-likeness (QED) is 0.671. The van der Waals surface area contributed by atoms with E-state index in [-0.39, 0.29) is 6.61 Å². The van der Waals surface area contributed by atoms with Crippen molar-refractivity contribution < 1.29 is 5.11 Å². The molecule has 1 aliphatic heterocycles. The van der Waals surface area contributed by atoms with Crippen molar-refractivity contribution >= 4 is 0 Å². The number of hydrogen-bond donors (Lipinski definition) is 2. The largest absolute Gasteiger partial charge is 0.394 e. The van der Waals surface area contributed by atoms with Crippen LogP contribution in [0.5, 0.6) is 0 Å². The van der Waals surface area contributed by atoms with Crippen molar-refractivity contribution in [3.05, 3.63) is 0 Å². The van der Waals surface area contributed by atoms with Crippen LogP contribution in [0.3, 0.4) is 0 Å². The third-order valence-electron chi connectivity index (χ3n) is 3.48. The molecule has 2 unspecified atom stereocenters. The maximum absolute atomic E-state index is 9.08. The van der Waals surface area contributed by atoms with Gasteiger partial charge in [-0.05, 0) is 52.9 Å². The summed E-state index contributed by atoms with van der Waals surface area (Å²) in [7, 11) is 4.33. The van der Waals surface area contributed by atoms with Crippen molar-refractivity contribution in [3.8, 4) is 0 Å². The Kier molecular flexibility index (Phi) is 5.18. The van der Waals surface area contributed by atoms with Gasteiger partial charge in [-0.3, -0.25) is 0 Å². The van der Waals surface area contributed by atoms with E-state index in [0.29, 0.717) is 0 Å². The summed E-state index contributed by atoms with van der Waals surface area (Å²) in [6, 6.07) is 0. The molecular formula is C12H27N3O. The number of aliphatic hydroxyl groups is 1. The molecule has 1 heterocycles. The summed E-state index contributed by atoms with van der Waals surface area (Å²) in [5.74, 6) is 0.799. The highest BCUT2D eigenvalue weighted by Gasteiger charge is 2.22. The Balaban J connectivity index is 2.18. The van der Waals surface area contributed by atoms with E-state index in [9.17, 15) is 0 Å². The van der Waals surface area contributed by atoms with Crippen LogP contribution in [0.2, 0.25) is 0 Å². The lowest BCUT2D eigenvalue weighted by Crippen LogP contribution is -2.43. The van der Waals surface area contributed by atoms with E-state index < -0.39 is 5.54 Å². The average molecular weight is 229 g/mol. The van der Waals surface area contributed by atoms with E-state index >= 15 is 0 Å². The summed E-state index contributed by atoms with van der Waals surface area (Å²) >= 11 is 0. The molecule has 0 bridgehead atoms. The third-order valence-corrected chi connectivity index (χ3v) is 3.48. The summed E-state index contributed by atoms with van der Waals surface area (Å²) in [5.41, 5.74) is 5.48. The third kappa shape index (κ3) is 4.78. The van der Waals surface area contributed by atoms with Crippen LogP contribution in [0, 0.1) is 5.92 Å². The zero-order chi connectivity index (χ0) is 12.2. The number of rotatable bonds is 6. The van der Waals surface area contributed by atoms with Crippen molar-refractivity contribution in [2.75, 3.05) is 46.9 Å². The first-order chi connectivity index (χ1) is 7.43. The summed E-state index contributed by atoms with van der Waals surface area (Å²) in [6.45, 7) is 6.52. The van der Waals surface area contributed by atoms with Crippen molar-refractivity contribution in [1.82, 2.24) is 9.80 Å². The number of likely N-dealkylation sites (tertiary alicyclic amines) is 1. The van der Waals surface area contributed by atoms with Crippen molar-refractivity contribution in [3.63, 3.8) is 0 Å². The lowest BCUT2D eigenvalue weighted by Gasteiger charge is -2.27. The van der Waals surface area contributed by atoms with Gasteiger partial charge in [0.15, 0.2) is 0 Å². The molecule has 1 saturated heterocycles. The smallest absolute Gasteiger partial charge is 0.0608 e. The molecule has 16 heavy (non-hydrogen) atoms. The fraction of sp³-hybridized carbons (Fsp3) is 1.00. The van der Waals surface area contributed by atoms with Crippen molar-refractivity contribution in [1.29, 1.82) is 0 Å². The highest BCUT2D eigenvalue weighted by Crippen LogP contribution is 2.15. The van der Waals surface area contributed by atoms with Crippen LogP contribution in [0.15, 0.2) is 0 Å². The van der Waals surface area contributed by atoms with Gasteiger partial charge in [0.1, 0.15) is 0 Å². The average Bonchev–Trinajstić information content (AvgIpc) is 2.61. The number of nitrogens with two attached hydrogens (primary N) is 1. The molecule has 0 saturated carbocycles. The lowest BCUT2D eigenvalue weighted by atomic mass is 10.00. The number of hydrogen-bond acceptors (Lipinski definition) is 4. The summed E-state index contributed by atoms with van der Waals surface area (Å²) in [4.78, 5) is 4.73. The Bertz CT molecular complexity index is 208. The van der Waals surface area contributed by atoms with Crippen LogP contribution in [0.4, 0.5) is 0 Å². The highest BCUT2D eigenvalue weighted by atomic mass is 16.3. The second-order valence-corrected chi connectivity index (χ2v) is 5.74. The summed E-state index contributed by atoms with van der Waals surface area (Å²) < 4.78 is 0. The molecule has 0 aromatic rings. The monoisotopic (exact) mass is 229 g/mol. The van der Waals surface area contributed by atoms with Gasteiger partial charge in [-0.25, -0.2) is 0 Å². The second kappa shape index (κ2) is 5.96. The molecular weight excluding hydrogens is 202 g/mol. The lowest BCUT2D eigenvalue weighted by molar-refractivity contribution is 0.177. The SMILES string of the molecule is CN1CCC(CN(C)CCC(C)(N)CO)C1. The highest BCUT2D eigenvalue weighted by molar-refractivity contribution is 4.80. The van der Waals surface area contributed by atoms with Crippen molar-refractivity contribution in [2.24, 2.45) is 11.7 Å². The van der Waals surface area contributed by atoms with Crippen LogP contribution in [0.25, 0.3) is 0 Å². The van der Waals surface area contributed by atoms with E-state index in [1.165, 1.54) is 19.5 Å². The molecule has 2 atom stereocenters. The zero-order valence-corrected chi connectivity index (χ0v) is 10.9. The van der Waals surface area contributed by atoms with Crippen molar-refractivity contribution in [2.45, 2.75) is 25.3 Å². The Morgan fingerprint density at radius 3 is 2.75 bits per heavy atom. The summed E-state index contributed by atoms with van der Waals surface area (Å²) in [6.07, 6.45) is 2.16. The molecule has 0 aromatic heterocycles. The van der Waals surface area contributed by atoms with Crippen LogP contribution in [-0.4, -0.2) is 67.3 Å². The Morgan fingerprint density at radius 1 is 1.56 bits per heavy atom. The van der Waals surface area contributed by atoms with Crippen LogP contribution < -0.4 is 5.73 Å². The normalized spacial score (nSPS) is 26.2. The molecule has 1 rings (SSSR count). The van der Waals surface area contributed by atoms with Gasteiger partial charge >= 0.3 is 0 Å². The Morgan fingerprint density at radius 2 is 2.25 bits per heavy atom. The number of aliphatic hydroxyl groups excluding tert-OH is 1. The maximum Gasteiger partial charge on any atom is 0.0608 e. The minimum atomic E-state index is -0.430. The Hall–Kier alpha value is -0.160. The minimum Gasteiger partial charge on any atom is -0.394 e. The van der Waals surface area contributed by atoms with Crippen LogP contribution in [0.1, 0.15) is 19.8 Å². The van der Waals surface area contributed by atoms with Gasteiger partial charge in [0.2, 0.25) is 0 Å². The predicted molar refractivity (Wildman–Crippen MR) is 67.4 cm³/mol. The standard InChI is InChI=1S/C12H27N3O/c1-12(13,10-16)5-7-15(3)9-11-4-6-14(2)8-11/h11,16H,4-10,13H2,1-3H3. The number of nitrogens with zero attached hydrogens (tertiary/aromatic N) is 2. The van der Waals surface area contributed by atoms with Gasteiger partial charge in [-0.1, -0.05) is 0 Å². The first kappa shape index (κ1) is 13.9. The van der Waals surface area contributed by atoms with Crippen LogP contribution in [-0.2, 0) is 0 Å². The fourth-order valence-electron chi connectivity index (χ4n) is 2.23. The van der Waals surface area contributed by atoms with Gasteiger partial charge in [0.25, 0.3) is 0 Å². The molecule has 0 aliphatic carbocycles. The molecule has 0 amide bonds. The maximum atomic E-state index is 9.08. The van der Waals surface area contributed by atoms with Gasteiger partial charge < -0.3 is 20.6 Å². The summed E-state index contributed by atoms with van der Waals surface area (Å²) in [5, 5.41) is 9.08. The van der Waals surface area contributed by atoms with E-state index in [1.807, 2.05) is 6.92 Å². The van der Waals surface area contributed by atoms with Gasteiger partial charge in [0, 0.05) is 18.6 Å². The van der Waals surface area contributed by atoms with Gasteiger partial charge in [0.05, 0.1) is 6.61 Å². The van der Waals surface area contributed by atoms with E-state index in [0.717, 1.165) is 25.4 Å². The molecule has 0 radical (unpaired) electrons. The minimum absolute atomic E-state index is 0.0625. The topological polar surface area (TPSA) is 52.7 Å². The first-order valence-corrected chi connectivity index (χ1v) is 6.20. The Labute approximate surface area is 99.4 Å². The molecule has 1 fully saturated rings. The van der Waals surface area contributed by atoms with E-state index in [2.05, 4.69) is 23.9 Å². The van der Waals surface area contributed by atoms with E-state index in [4.69, 9.17) is 10.8 Å². The molecule has 4 nitrogen and oxygen atoms in total.